The number of unbranched alkanes of at least 4 members (excludes halogenated alkanes) is 2. The van der Waals surface area contributed by atoms with Crippen molar-refractivity contribution in [3.63, 3.8) is 0 Å². The molecule has 0 fully saturated rings. The number of aromatic amines is 2. The molecule has 214 valence electrons. The van der Waals surface area contributed by atoms with Gasteiger partial charge < -0.3 is 9.47 Å². The molecule has 0 radical (unpaired) electrons. The molecule has 0 aliphatic heterocycles. The molecule has 0 aliphatic carbocycles. The van der Waals surface area contributed by atoms with Crippen LogP contribution in [0.5, 0.6) is 11.5 Å². The lowest BCUT2D eigenvalue weighted by molar-refractivity contribution is -0.142. The number of hydrogen-bond acceptors (Lipinski definition) is 5. The predicted molar refractivity (Wildman–Crippen MR) is 136 cm³/mol. The summed E-state index contributed by atoms with van der Waals surface area (Å²) in [4.78, 5) is 4.34. The number of H-pyrrole nitrogens is 2. The first kappa shape index (κ1) is 29.0. The predicted octanol–water partition coefficient (Wildman–Crippen LogP) is 7.92. The molecule has 3 heterocycles. The van der Waals surface area contributed by atoms with Gasteiger partial charge in [0, 0.05) is 0 Å². The maximum Gasteiger partial charge on any atom is 0.435 e. The summed E-state index contributed by atoms with van der Waals surface area (Å²) < 4.78 is 91.6. The van der Waals surface area contributed by atoms with E-state index >= 15 is 0 Å². The summed E-state index contributed by atoms with van der Waals surface area (Å²) in [6, 6.07) is 9.79. The number of aromatic nitrogens is 5. The molecule has 0 bridgehead atoms. The fourth-order valence-electron chi connectivity index (χ4n) is 3.84. The quantitative estimate of drug-likeness (QED) is 0.142. The van der Waals surface area contributed by atoms with Crippen LogP contribution in [-0.4, -0.2) is 38.6 Å². The topological polar surface area (TPSA) is 88.7 Å². The third-order valence-electron chi connectivity index (χ3n) is 5.90. The fourth-order valence-corrected chi connectivity index (χ4v) is 3.84. The van der Waals surface area contributed by atoms with Gasteiger partial charge in [-0.3, -0.25) is 10.2 Å². The Morgan fingerprint density at radius 2 is 1.15 bits per heavy atom. The minimum Gasteiger partial charge on any atom is -0.493 e. The van der Waals surface area contributed by atoms with Gasteiger partial charge in [0.15, 0.2) is 11.4 Å². The molecule has 3 aromatic heterocycles. The van der Waals surface area contributed by atoms with E-state index < -0.39 is 23.7 Å². The SMILES string of the molecule is CCCCOc1cccc(OCCCC)c1-c1cc(-c2cc(C(F)(F)F)n[nH]2)nc(-c2cc(C(F)(F)F)n[nH]2)c1. The van der Waals surface area contributed by atoms with E-state index in [1.165, 1.54) is 12.1 Å². The number of halogens is 6. The van der Waals surface area contributed by atoms with E-state index in [0.29, 0.717) is 35.8 Å². The molecule has 0 saturated heterocycles. The van der Waals surface area contributed by atoms with E-state index in [1.807, 2.05) is 13.8 Å². The van der Waals surface area contributed by atoms with Gasteiger partial charge in [0.05, 0.1) is 41.6 Å². The number of pyridine rings is 1. The molecule has 4 aromatic rings. The van der Waals surface area contributed by atoms with Gasteiger partial charge in [-0.15, -0.1) is 0 Å². The molecule has 0 amide bonds. The zero-order valence-corrected chi connectivity index (χ0v) is 21.7. The van der Waals surface area contributed by atoms with E-state index in [0.717, 1.165) is 37.8 Å². The maximum absolute atomic E-state index is 13.3. The van der Waals surface area contributed by atoms with Crippen molar-refractivity contribution in [3.05, 3.63) is 53.9 Å². The Balaban J connectivity index is 1.90. The van der Waals surface area contributed by atoms with E-state index in [9.17, 15) is 26.3 Å². The Morgan fingerprint density at radius 3 is 1.52 bits per heavy atom. The summed E-state index contributed by atoms with van der Waals surface area (Å²) in [5.41, 5.74) is -1.56. The molecule has 1 aromatic carbocycles. The summed E-state index contributed by atoms with van der Waals surface area (Å²) in [6.45, 7) is 4.82. The average molecular weight is 568 g/mol. The molecular formula is C27H27F6N5O2. The summed E-state index contributed by atoms with van der Waals surface area (Å²) in [5.74, 6) is 0.901. The second-order valence-corrected chi connectivity index (χ2v) is 8.99. The van der Waals surface area contributed by atoms with Gasteiger partial charge in [-0.1, -0.05) is 32.8 Å². The highest BCUT2D eigenvalue weighted by Gasteiger charge is 2.35. The zero-order valence-electron chi connectivity index (χ0n) is 21.7. The van der Waals surface area contributed by atoms with Crippen LogP contribution in [0.25, 0.3) is 33.9 Å². The summed E-state index contributed by atoms with van der Waals surface area (Å²) in [6.07, 6.45) is -6.10. The maximum atomic E-state index is 13.3. The van der Waals surface area contributed by atoms with Crippen molar-refractivity contribution >= 4 is 0 Å². The van der Waals surface area contributed by atoms with E-state index in [4.69, 9.17) is 9.47 Å². The molecule has 0 atom stereocenters. The first-order chi connectivity index (χ1) is 19.0. The first-order valence-corrected chi connectivity index (χ1v) is 12.7. The van der Waals surface area contributed by atoms with E-state index in [1.54, 1.807) is 18.2 Å². The Labute approximate surface area is 225 Å². The van der Waals surface area contributed by atoms with Gasteiger partial charge in [-0.05, 0) is 54.8 Å². The lowest BCUT2D eigenvalue weighted by atomic mass is 10.0. The molecule has 0 saturated carbocycles. The minimum atomic E-state index is -4.71. The van der Waals surface area contributed by atoms with Crippen LogP contribution in [0.15, 0.2) is 42.5 Å². The van der Waals surface area contributed by atoms with Crippen molar-refractivity contribution in [2.75, 3.05) is 13.2 Å². The van der Waals surface area contributed by atoms with E-state index in [2.05, 4.69) is 25.4 Å². The third kappa shape index (κ3) is 6.75. The number of nitrogens with one attached hydrogen (secondary N) is 2. The van der Waals surface area contributed by atoms with Crippen LogP contribution in [0.2, 0.25) is 0 Å². The summed E-state index contributed by atoms with van der Waals surface area (Å²) in [5, 5.41) is 11.3. The van der Waals surface area contributed by atoms with Crippen LogP contribution in [0.4, 0.5) is 26.3 Å². The van der Waals surface area contributed by atoms with Crippen molar-refractivity contribution in [1.82, 2.24) is 25.4 Å². The molecule has 13 heteroatoms. The van der Waals surface area contributed by atoms with Crippen molar-refractivity contribution in [2.24, 2.45) is 0 Å². The highest BCUT2D eigenvalue weighted by molar-refractivity contribution is 5.82. The van der Waals surface area contributed by atoms with Gasteiger partial charge in [0.2, 0.25) is 0 Å². The van der Waals surface area contributed by atoms with Crippen LogP contribution >= 0.6 is 0 Å². The standard InChI is InChI=1S/C27H27F6N5O2/c1-3-5-10-39-21-8-7-9-22(40-11-6-4-2)25(21)16-12-17(19-14-23(37-35-19)26(28,29)30)34-18(13-16)20-15-24(38-36-20)27(31,32)33/h7-9,12-15H,3-6,10-11H2,1-2H3,(H,35,37)(H,36,38). The summed E-state index contributed by atoms with van der Waals surface area (Å²) >= 11 is 0. The number of benzene rings is 1. The van der Waals surface area contributed by atoms with Gasteiger partial charge in [0.25, 0.3) is 0 Å². The Bertz CT molecular complexity index is 1330. The van der Waals surface area contributed by atoms with Crippen LogP contribution in [-0.2, 0) is 12.4 Å². The molecule has 40 heavy (non-hydrogen) atoms. The molecule has 2 N–H and O–H groups in total. The van der Waals surface area contributed by atoms with Gasteiger partial charge >= 0.3 is 12.4 Å². The molecule has 0 unspecified atom stereocenters. The second-order valence-electron chi connectivity index (χ2n) is 8.99. The summed E-state index contributed by atoms with van der Waals surface area (Å²) in [7, 11) is 0. The fraction of sp³-hybridized carbons (Fsp3) is 0.370. The van der Waals surface area contributed by atoms with E-state index in [-0.39, 0.29) is 22.8 Å². The minimum absolute atomic E-state index is 0.0153. The highest BCUT2D eigenvalue weighted by Crippen LogP contribution is 2.42. The normalized spacial score (nSPS) is 12.1. The van der Waals surface area contributed by atoms with Gasteiger partial charge in [0.1, 0.15) is 11.5 Å². The Hall–Kier alpha value is -4.03. The molecular weight excluding hydrogens is 540 g/mol. The average Bonchev–Trinajstić information content (AvgIpc) is 3.60. The molecule has 4 rings (SSSR count). The van der Waals surface area contributed by atoms with Gasteiger partial charge in [-0.25, -0.2) is 4.98 Å². The molecule has 0 aliphatic rings. The highest BCUT2D eigenvalue weighted by atomic mass is 19.4. The second kappa shape index (κ2) is 12.0. The van der Waals surface area contributed by atoms with Gasteiger partial charge in [-0.2, -0.15) is 36.5 Å². The van der Waals surface area contributed by atoms with Crippen molar-refractivity contribution in [1.29, 1.82) is 0 Å². The van der Waals surface area contributed by atoms with Crippen LogP contribution < -0.4 is 9.47 Å². The number of hydrogen-bond donors (Lipinski definition) is 2. The van der Waals surface area contributed by atoms with Crippen LogP contribution in [0.1, 0.15) is 50.9 Å². The monoisotopic (exact) mass is 567 g/mol. The van der Waals surface area contributed by atoms with Crippen molar-refractivity contribution in [2.45, 2.75) is 51.9 Å². The lowest BCUT2D eigenvalue weighted by Gasteiger charge is -2.17. The smallest absolute Gasteiger partial charge is 0.435 e. The number of ether oxygens (including phenoxy) is 2. The zero-order chi connectivity index (χ0) is 28.9. The molecule has 0 spiro atoms. The molecule has 7 nitrogen and oxygen atoms in total. The van der Waals surface area contributed by atoms with Crippen molar-refractivity contribution in [3.8, 4) is 45.4 Å². The number of rotatable bonds is 11. The van der Waals surface area contributed by atoms with Crippen molar-refractivity contribution < 1.29 is 35.8 Å². The number of nitrogens with zero attached hydrogens (tertiary/aromatic N) is 3. The lowest BCUT2D eigenvalue weighted by Crippen LogP contribution is -2.04. The Morgan fingerprint density at radius 1 is 0.700 bits per heavy atom. The Kier molecular flexibility index (Phi) is 8.70. The number of alkyl halides is 6. The third-order valence-corrected chi connectivity index (χ3v) is 5.90. The van der Waals surface area contributed by atoms with Crippen LogP contribution in [0.3, 0.4) is 0 Å². The largest absolute Gasteiger partial charge is 0.493 e. The first-order valence-electron chi connectivity index (χ1n) is 12.7. The van der Waals surface area contributed by atoms with Crippen LogP contribution in [0, 0.1) is 0 Å².